The number of halogens is 2. The minimum Gasteiger partial charge on any atom is -0.397 e. The molecule has 0 saturated carbocycles. The van der Waals surface area contributed by atoms with Crippen molar-refractivity contribution in [3.8, 4) is 6.07 Å². The van der Waals surface area contributed by atoms with Gasteiger partial charge in [0.2, 0.25) is 0 Å². The van der Waals surface area contributed by atoms with Gasteiger partial charge in [0.05, 0.1) is 17.4 Å². The predicted octanol–water partition coefficient (Wildman–Crippen LogP) is 2.43. The van der Waals surface area contributed by atoms with E-state index in [9.17, 15) is 8.78 Å². The maximum Gasteiger partial charge on any atom is 0.144 e. The molecule has 0 fully saturated rings. The number of nitrogens with two attached hydrogens (primary N) is 1. The van der Waals surface area contributed by atoms with Crippen LogP contribution in [0.4, 0.5) is 20.3 Å². The molecular weight excluding hydrogens is 250 g/mol. The van der Waals surface area contributed by atoms with Crippen molar-refractivity contribution in [1.29, 1.82) is 5.26 Å². The summed E-state index contributed by atoms with van der Waals surface area (Å²) in [6.45, 7) is 0.0230. The van der Waals surface area contributed by atoms with E-state index in [1.807, 2.05) is 6.07 Å². The molecule has 96 valence electrons. The number of anilines is 2. The molecule has 0 bridgehead atoms. The lowest BCUT2D eigenvalue weighted by Crippen LogP contribution is -2.06. The van der Waals surface area contributed by atoms with E-state index in [0.29, 0.717) is 5.69 Å². The number of benzene rings is 1. The molecule has 19 heavy (non-hydrogen) atoms. The Bertz CT molecular complexity index is 650. The van der Waals surface area contributed by atoms with Crippen molar-refractivity contribution in [2.75, 3.05) is 11.1 Å². The van der Waals surface area contributed by atoms with Crippen LogP contribution in [0.2, 0.25) is 0 Å². The van der Waals surface area contributed by atoms with Crippen LogP contribution in [0.15, 0.2) is 30.5 Å². The molecule has 1 heterocycles. The van der Waals surface area contributed by atoms with Crippen molar-refractivity contribution in [3.63, 3.8) is 0 Å². The Kier molecular flexibility index (Phi) is 3.57. The third-order valence-corrected chi connectivity index (χ3v) is 2.48. The summed E-state index contributed by atoms with van der Waals surface area (Å²) < 4.78 is 26.4. The van der Waals surface area contributed by atoms with E-state index < -0.39 is 11.6 Å². The average Bonchev–Trinajstić information content (AvgIpc) is 2.40. The largest absolute Gasteiger partial charge is 0.397 e. The van der Waals surface area contributed by atoms with Gasteiger partial charge in [-0.2, -0.15) is 5.26 Å². The van der Waals surface area contributed by atoms with Gasteiger partial charge in [-0.15, -0.1) is 0 Å². The van der Waals surface area contributed by atoms with Gasteiger partial charge in [-0.05, 0) is 24.3 Å². The van der Waals surface area contributed by atoms with Gasteiger partial charge in [0.15, 0.2) is 0 Å². The smallest absolute Gasteiger partial charge is 0.144 e. The first-order chi connectivity index (χ1) is 9.10. The highest BCUT2D eigenvalue weighted by Gasteiger charge is 2.07. The standard InChI is InChI=1S/C13H10F2N4/c14-10-1-2-12(15)9(3-10)6-18-13-8(5-16)4-11(17)7-19-13/h1-4,7H,6,17H2,(H,18,19). The zero-order valence-electron chi connectivity index (χ0n) is 9.82. The molecule has 0 spiro atoms. The predicted molar refractivity (Wildman–Crippen MR) is 67.0 cm³/mol. The first-order valence-electron chi connectivity index (χ1n) is 5.43. The molecule has 0 radical (unpaired) electrons. The van der Waals surface area contributed by atoms with Gasteiger partial charge >= 0.3 is 0 Å². The van der Waals surface area contributed by atoms with Crippen molar-refractivity contribution >= 4 is 11.5 Å². The maximum atomic E-state index is 13.4. The summed E-state index contributed by atoms with van der Waals surface area (Å²) in [7, 11) is 0. The molecule has 1 aromatic carbocycles. The van der Waals surface area contributed by atoms with Gasteiger partial charge in [0, 0.05) is 12.1 Å². The maximum absolute atomic E-state index is 13.4. The van der Waals surface area contributed by atoms with E-state index in [4.69, 9.17) is 11.0 Å². The number of nitrogens with one attached hydrogen (secondary N) is 1. The Hall–Kier alpha value is -2.68. The molecule has 1 aromatic heterocycles. The van der Waals surface area contributed by atoms with Gasteiger partial charge in [0.25, 0.3) is 0 Å². The molecule has 0 amide bonds. The number of nitriles is 1. The van der Waals surface area contributed by atoms with Crippen molar-refractivity contribution in [2.24, 2.45) is 0 Å². The van der Waals surface area contributed by atoms with Crippen molar-refractivity contribution in [2.45, 2.75) is 6.54 Å². The summed E-state index contributed by atoms with van der Waals surface area (Å²) >= 11 is 0. The van der Waals surface area contributed by atoms with E-state index in [-0.39, 0.29) is 23.5 Å². The molecule has 0 aliphatic heterocycles. The molecule has 2 aromatic rings. The van der Waals surface area contributed by atoms with Crippen LogP contribution in [0.5, 0.6) is 0 Å². The Morgan fingerprint density at radius 2 is 2.11 bits per heavy atom. The fraction of sp³-hybridized carbons (Fsp3) is 0.0769. The lowest BCUT2D eigenvalue weighted by molar-refractivity contribution is 0.587. The lowest BCUT2D eigenvalue weighted by Gasteiger charge is -2.08. The Morgan fingerprint density at radius 1 is 1.32 bits per heavy atom. The molecule has 0 unspecified atom stereocenters. The molecule has 0 atom stereocenters. The summed E-state index contributed by atoms with van der Waals surface area (Å²) in [5.41, 5.74) is 6.27. The van der Waals surface area contributed by atoms with Crippen LogP contribution in [-0.2, 0) is 6.54 Å². The molecule has 6 heteroatoms. The average molecular weight is 260 g/mol. The van der Waals surface area contributed by atoms with Crippen LogP contribution in [0.3, 0.4) is 0 Å². The van der Waals surface area contributed by atoms with Crippen LogP contribution >= 0.6 is 0 Å². The Balaban J connectivity index is 2.19. The van der Waals surface area contributed by atoms with E-state index >= 15 is 0 Å². The lowest BCUT2D eigenvalue weighted by atomic mass is 10.2. The first kappa shape index (κ1) is 12.8. The fourth-order valence-corrected chi connectivity index (χ4v) is 1.56. The summed E-state index contributed by atoms with van der Waals surface area (Å²) in [6, 6.07) is 6.56. The molecule has 0 saturated heterocycles. The number of rotatable bonds is 3. The van der Waals surface area contributed by atoms with E-state index in [2.05, 4.69) is 10.3 Å². The number of hydrogen-bond acceptors (Lipinski definition) is 4. The van der Waals surface area contributed by atoms with Crippen molar-refractivity contribution in [3.05, 3.63) is 53.2 Å². The Labute approximate surface area is 108 Å². The topological polar surface area (TPSA) is 74.7 Å². The van der Waals surface area contributed by atoms with E-state index in [0.717, 1.165) is 18.2 Å². The van der Waals surface area contributed by atoms with Gasteiger partial charge in [-0.3, -0.25) is 0 Å². The second-order valence-electron chi connectivity index (χ2n) is 3.87. The third-order valence-electron chi connectivity index (χ3n) is 2.48. The zero-order chi connectivity index (χ0) is 13.8. The quantitative estimate of drug-likeness (QED) is 0.888. The van der Waals surface area contributed by atoms with Crippen molar-refractivity contribution in [1.82, 2.24) is 4.98 Å². The molecule has 4 nitrogen and oxygen atoms in total. The first-order valence-corrected chi connectivity index (χ1v) is 5.43. The minimum absolute atomic E-state index is 0.0230. The van der Waals surface area contributed by atoms with Crippen LogP contribution < -0.4 is 11.1 Å². The summed E-state index contributed by atoms with van der Waals surface area (Å²) in [5.74, 6) is -0.771. The third kappa shape index (κ3) is 2.96. The summed E-state index contributed by atoms with van der Waals surface area (Å²) in [6.07, 6.45) is 1.38. The number of nitrogen functional groups attached to an aromatic ring is 1. The van der Waals surface area contributed by atoms with Gasteiger partial charge in [0.1, 0.15) is 23.5 Å². The number of nitrogens with zero attached hydrogens (tertiary/aromatic N) is 2. The van der Waals surface area contributed by atoms with Crippen LogP contribution in [0.1, 0.15) is 11.1 Å². The second-order valence-corrected chi connectivity index (χ2v) is 3.87. The van der Waals surface area contributed by atoms with Gasteiger partial charge in [-0.25, -0.2) is 13.8 Å². The highest BCUT2D eigenvalue weighted by Crippen LogP contribution is 2.16. The number of pyridine rings is 1. The fourth-order valence-electron chi connectivity index (χ4n) is 1.56. The monoisotopic (exact) mass is 260 g/mol. The molecule has 2 rings (SSSR count). The van der Waals surface area contributed by atoms with Gasteiger partial charge < -0.3 is 11.1 Å². The Morgan fingerprint density at radius 3 is 2.84 bits per heavy atom. The minimum atomic E-state index is -0.525. The molecule has 0 aliphatic carbocycles. The van der Waals surface area contributed by atoms with Crippen LogP contribution in [-0.4, -0.2) is 4.98 Å². The summed E-state index contributed by atoms with van der Waals surface area (Å²) in [4.78, 5) is 3.94. The SMILES string of the molecule is N#Cc1cc(N)cnc1NCc1cc(F)ccc1F. The number of aromatic nitrogens is 1. The number of hydrogen-bond donors (Lipinski definition) is 2. The molecular formula is C13H10F2N4. The normalized spacial score (nSPS) is 9.95. The molecule has 0 aliphatic rings. The second kappa shape index (κ2) is 5.31. The highest BCUT2D eigenvalue weighted by atomic mass is 19.1. The zero-order valence-corrected chi connectivity index (χ0v) is 9.82. The van der Waals surface area contributed by atoms with Gasteiger partial charge in [-0.1, -0.05) is 0 Å². The van der Waals surface area contributed by atoms with E-state index in [1.54, 1.807) is 0 Å². The summed E-state index contributed by atoms with van der Waals surface area (Å²) in [5, 5.41) is 11.7. The van der Waals surface area contributed by atoms with Crippen LogP contribution in [0, 0.1) is 23.0 Å². The van der Waals surface area contributed by atoms with E-state index in [1.165, 1.54) is 12.3 Å². The molecule has 3 N–H and O–H groups in total. The van der Waals surface area contributed by atoms with Crippen molar-refractivity contribution < 1.29 is 8.78 Å². The highest BCUT2D eigenvalue weighted by molar-refractivity contribution is 5.57. The van der Waals surface area contributed by atoms with Crippen LogP contribution in [0.25, 0.3) is 0 Å².